The Balaban J connectivity index is 1.40. The van der Waals surface area contributed by atoms with Gasteiger partial charge in [-0.2, -0.15) is 0 Å². The average Bonchev–Trinajstić information content (AvgIpc) is 3.32. The van der Waals surface area contributed by atoms with Gasteiger partial charge >= 0.3 is 0 Å². The molecule has 7 aromatic rings. The van der Waals surface area contributed by atoms with Crippen molar-refractivity contribution < 1.29 is 0 Å². The van der Waals surface area contributed by atoms with E-state index in [9.17, 15) is 0 Å². The summed E-state index contributed by atoms with van der Waals surface area (Å²) in [6.07, 6.45) is 0. The molecule has 0 N–H and O–H groups in total. The van der Waals surface area contributed by atoms with E-state index < -0.39 is 0 Å². The summed E-state index contributed by atoms with van der Waals surface area (Å²) < 4.78 is 2.40. The van der Waals surface area contributed by atoms with E-state index >= 15 is 0 Å². The Hall–Kier alpha value is -4.82. The van der Waals surface area contributed by atoms with Crippen molar-refractivity contribution in [1.82, 2.24) is 4.57 Å². The van der Waals surface area contributed by atoms with E-state index in [1.54, 1.807) is 0 Å². The highest BCUT2D eigenvalue weighted by atomic mass is 15.1. The van der Waals surface area contributed by atoms with Crippen molar-refractivity contribution in [2.75, 3.05) is 11.9 Å². The Morgan fingerprint density at radius 1 is 0.486 bits per heavy atom. The lowest BCUT2D eigenvalue weighted by Crippen LogP contribution is -2.08. The number of fused-ring (bicyclic) bond motifs is 5. The first-order valence-corrected chi connectivity index (χ1v) is 12.7. The molecule has 0 atom stereocenters. The zero-order chi connectivity index (χ0) is 24.8. The zero-order valence-corrected chi connectivity index (χ0v) is 20.7. The Morgan fingerprint density at radius 2 is 1.14 bits per heavy atom. The predicted octanol–water partition coefficient (Wildman–Crippen LogP) is 9.37. The van der Waals surface area contributed by atoms with Crippen LogP contribution in [0.2, 0.25) is 0 Å². The summed E-state index contributed by atoms with van der Waals surface area (Å²) in [4.78, 5) is 2.21. The van der Waals surface area contributed by atoms with E-state index in [2.05, 4.69) is 150 Å². The second-order valence-electron chi connectivity index (χ2n) is 9.53. The van der Waals surface area contributed by atoms with Gasteiger partial charge in [-0.15, -0.1) is 0 Å². The second kappa shape index (κ2) is 8.69. The standard InChI is InChI=1S/C35H26N2/c1-36(28-11-4-2-5-12-28)29-20-16-25(17-21-29)27-18-22-32-34(24-27)37(30-13-6-3-7-14-30)33-23-19-26-10-8-9-15-31(26)35(32)33/h2-24H,1H3. The third-order valence-electron chi connectivity index (χ3n) is 7.40. The smallest absolute Gasteiger partial charge is 0.0547 e. The lowest BCUT2D eigenvalue weighted by Gasteiger charge is -2.19. The summed E-state index contributed by atoms with van der Waals surface area (Å²) in [5, 5.41) is 5.15. The number of nitrogens with zero attached hydrogens (tertiary/aromatic N) is 2. The number of anilines is 2. The van der Waals surface area contributed by atoms with Gasteiger partial charge in [0.05, 0.1) is 11.0 Å². The Labute approximate surface area is 216 Å². The van der Waals surface area contributed by atoms with E-state index in [1.807, 2.05) is 6.07 Å². The van der Waals surface area contributed by atoms with E-state index in [0.717, 1.165) is 0 Å². The van der Waals surface area contributed by atoms with Crippen LogP contribution in [0.4, 0.5) is 11.4 Å². The number of rotatable bonds is 4. The summed E-state index contributed by atoms with van der Waals surface area (Å²) in [6.45, 7) is 0. The molecule has 0 fully saturated rings. The summed E-state index contributed by atoms with van der Waals surface area (Å²) in [5.74, 6) is 0. The molecule has 0 bridgehead atoms. The molecule has 0 amide bonds. The molecule has 0 saturated carbocycles. The topological polar surface area (TPSA) is 8.17 Å². The van der Waals surface area contributed by atoms with Crippen LogP contribution in [0.25, 0.3) is 49.4 Å². The first kappa shape index (κ1) is 21.5. The van der Waals surface area contributed by atoms with Crippen LogP contribution < -0.4 is 4.90 Å². The van der Waals surface area contributed by atoms with Crippen LogP contribution in [-0.4, -0.2) is 11.6 Å². The number of hydrogen-bond acceptors (Lipinski definition) is 1. The Kier molecular flexibility index (Phi) is 5.04. The van der Waals surface area contributed by atoms with Crippen LogP contribution in [0.3, 0.4) is 0 Å². The summed E-state index contributed by atoms with van der Waals surface area (Å²) in [7, 11) is 2.11. The third kappa shape index (κ3) is 3.57. The first-order valence-electron chi connectivity index (χ1n) is 12.7. The maximum absolute atomic E-state index is 2.40. The van der Waals surface area contributed by atoms with Gasteiger partial charge in [-0.3, -0.25) is 0 Å². The normalized spacial score (nSPS) is 11.4. The molecule has 0 unspecified atom stereocenters. The van der Waals surface area contributed by atoms with E-state index in [0.29, 0.717) is 0 Å². The minimum Gasteiger partial charge on any atom is -0.345 e. The molecular weight excluding hydrogens is 448 g/mol. The van der Waals surface area contributed by atoms with Gasteiger partial charge < -0.3 is 9.47 Å². The molecular formula is C35H26N2. The fourth-order valence-corrected chi connectivity index (χ4v) is 5.50. The minimum atomic E-state index is 1.17. The fourth-order valence-electron chi connectivity index (χ4n) is 5.50. The number of benzene rings is 6. The van der Waals surface area contributed by atoms with Crippen molar-refractivity contribution in [3.05, 3.63) is 140 Å². The first-order chi connectivity index (χ1) is 18.3. The number of aromatic nitrogens is 1. The van der Waals surface area contributed by atoms with Gasteiger partial charge in [0.1, 0.15) is 0 Å². The maximum atomic E-state index is 2.40. The molecule has 176 valence electrons. The van der Waals surface area contributed by atoms with Crippen LogP contribution >= 0.6 is 0 Å². The molecule has 7 rings (SSSR count). The van der Waals surface area contributed by atoms with Gasteiger partial charge in [0.2, 0.25) is 0 Å². The van der Waals surface area contributed by atoms with Crippen LogP contribution in [0.15, 0.2) is 140 Å². The minimum absolute atomic E-state index is 1.17. The van der Waals surface area contributed by atoms with Gasteiger partial charge in [0.15, 0.2) is 0 Å². The fraction of sp³-hybridized carbons (Fsp3) is 0.0286. The predicted molar refractivity (Wildman–Crippen MR) is 158 cm³/mol. The van der Waals surface area contributed by atoms with Gasteiger partial charge in [-0.05, 0) is 70.4 Å². The highest BCUT2D eigenvalue weighted by Crippen LogP contribution is 2.38. The van der Waals surface area contributed by atoms with Crippen molar-refractivity contribution >= 4 is 44.0 Å². The lowest BCUT2D eigenvalue weighted by atomic mass is 10.0. The molecule has 6 aromatic carbocycles. The molecule has 1 heterocycles. The van der Waals surface area contributed by atoms with Crippen LogP contribution in [-0.2, 0) is 0 Å². The quantitative estimate of drug-likeness (QED) is 0.247. The van der Waals surface area contributed by atoms with E-state index in [4.69, 9.17) is 0 Å². The van der Waals surface area contributed by atoms with Gasteiger partial charge in [0.25, 0.3) is 0 Å². The van der Waals surface area contributed by atoms with Crippen molar-refractivity contribution in [2.45, 2.75) is 0 Å². The number of para-hydroxylation sites is 2. The van der Waals surface area contributed by atoms with Crippen molar-refractivity contribution in [2.24, 2.45) is 0 Å². The SMILES string of the molecule is CN(c1ccccc1)c1ccc(-c2ccc3c4c5ccccc5ccc4n(-c4ccccc4)c3c2)cc1. The number of hydrogen-bond donors (Lipinski definition) is 0. The van der Waals surface area contributed by atoms with Crippen molar-refractivity contribution in [1.29, 1.82) is 0 Å². The van der Waals surface area contributed by atoms with Crippen LogP contribution in [0, 0.1) is 0 Å². The molecule has 2 heteroatoms. The van der Waals surface area contributed by atoms with Gasteiger partial charge in [0, 0.05) is 34.9 Å². The maximum Gasteiger partial charge on any atom is 0.0547 e. The van der Waals surface area contributed by atoms with Gasteiger partial charge in [-0.25, -0.2) is 0 Å². The van der Waals surface area contributed by atoms with E-state index in [-0.39, 0.29) is 0 Å². The zero-order valence-electron chi connectivity index (χ0n) is 20.7. The lowest BCUT2D eigenvalue weighted by molar-refractivity contribution is 1.18. The third-order valence-corrected chi connectivity index (χ3v) is 7.40. The van der Waals surface area contributed by atoms with Crippen LogP contribution in [0.1, 0.15) is 0 Å². The Morgan fingerprint density at radius 3 is 1.92 bits per heavy atom. The van der Waals surface area contributed by atoms with Crippen molar-refractivity contribution in [3.63, 3.8) is 0 Å². The van der Waals surface area contributed by atoms with Crippen molar-refractivity contribution in [3.8, 4) is 16.8 Å². The molecule has 0 radical (unpaired) electrons. The van der Waals surface area contributed by atoms with E-state index in [1.165, 1.54) is 60.8 Å². The Bertz CT molecular complexity index is 1860. The molecule has 1 aromatic heterocycles. The monoisotopic (exact) mass is 474 g/mol. The second-order valence-corrected chi connectivity index (χ2v) is 9.53. The molecule has 37 heavy (non-hydrogen) atoms. The summed E-state index contributed by atoms with van der Waals surface area (Å²) in [6, 6.07) is 50.1. The molecule has 2 nitrogen and oxygen atoms in total. The summed E-state index contributed by atoms with van der Waals surface area (Å²) >= 11 is 0. The van der Waals surface area contributed by atoms with Gasteiger partial charge in [-0.1, -0.05) is 91.0 Å². The molecule has 0 aliphatic heterocycles. The molecule has 0 aliphatic carbocycles. The highest BCUT2D eigenvalue weighted by Gasteiger charge is 2.15. The highest BCUT2D eigenvalue weighted by molar-refractivity contribution is 6.21. The molecule has 0 spiro atoms. The average molecular weight is 475 g/mol. The largest absolute Gasteiger partial charge is 0.345 e. The van der Waals surface area contributed by atoms with Crippen LogP contribution in [0.5, 0.6) is 0 Å². The summed E-state index contributed by atoms with van der Waals surface area (Å²) in [5.41, 5.74) is 8.40. The molecule has 0 saturated heterocycles. The molecule has 0 aliphatic rings.